The van der Waals surface area contributed by atoms with Crippen LogP contribution in [0.5, 0.6) is 5.75 Å². The number of urea groups is 1. The van der Waals surface area contributed by atoms with Crippen LogP contribution in [0.1, 0.15) is 11.1 Å². The van der Waals surface area contributed by atoms with Crippen molar-refractivity contribution in [3.05, 3.63) is 66.6 Å². The second-order valence-electron chi connectivity index (χ2n) is 6.18. The van der Waals surface area contributed by atoms with E-state index in [4.69, 9.17) is 4.74 Å². The molecule has 1 saturated heterocycles. The van der Waals surface area contributed by atoms with E-state index in [1.54, 1.807) is 12.1 Å². The van der Waals surface area contributed by atoms with Crippen LogP contribution in [0.15, 0.2) is 55.5 Å². The van der Waals surface area contributed by atoms with Gasteiger partial charge in [-0.1, -0.05) is 28.1 Å². The molecule has 1 aliphatic rings. The highest BCUT2D eigenvalue weighted by atomic mass is 79.9. The molecule has 7 nitrogen and oxygen atoms in total. The maximum atomic E-state index is 12.4. The molecule has 0 spiro atoms. The Morgan fingerprint density at radius 3 is 2.33 bits per heavy atom. The van der Waals surface area contributed by atoms with Gasteiger partial charge in [-0.15, -0.1) is 0 Å². The maximum Gasteiger partial charge on any atom is 0.329 e. The lowest BCUT2D eigenvalue weighted by molar-refractivity contribution is -0.143. The lowest BCUT2D eigenvalue weighted by Crippen LogP contribution is -2.36. The Morgan fingerprint density at radius 2 is 1.73 bits per heavy atom. The fourth-order valence-corrected chi connectivity index (χ4v) is 4.33. The molecule has 1 heterocycles. The molecule has 1 fully saturated rings. The summed E-state index contributed by atoms with van der Waals surface area (Å²) < 4.78 is 12.7. The van der Waals surface area contributed by atoms with Crippen LogP contribution < -0.4 is 10.1 Å². The van der Waals surface area contributed by atoms with Crippen molar-refractivity contribution in [2.75, 3.05) is 13.7 Å². The van der Waals surface area contributed by atoms with Gasteiger partial charge in [-0.3, -0.25) is 9.59 Å². The molecule has 0 bridgehead atoms. The van der Waals surface area contributed by atoms with E-state index in [2.05, 4.69) is 57.8 Å². The molecule has 2 aromatic carbocycles. The zero-order chi connectivity index (χ0) is 21.8. The third kappa shape index (κ3) is 5.30. The van der Waals surface area contributed by atoms with E-state index in [-0.39, 0.29) is 5.70 Å². The number of carbonyl (C=O) groups is 3. The number of nitrogens with one attached hydrogen (secondary N) is 1. The average molecular weight is 603 g/mol. The molecule has 0 aliphatic carbocycles. The Morgan fingerprint density at radius 1 is 1.10 bits per heavy atom. The maximum absolute atomic E-state index is 12.4. The van der Waals surface area contributed by atoms with Crippen molar-refractivity contribution in [3.8, 4) is 5.75 Å². The second-order valence-corrected chi connectivity index (χ2v) is 8.81. The van der Waals surface area contributed by atoms with E-state index in [1.165, 1.54) is 13.2 Å². The van der Waals surface area contributed by atoms with Crippen molar-refractivity contribution >= 4 is 71.8 Å². The molecule has 2 aromatic rings. The van der Waals surface area contributed by atoms with Gasteiger partial charge >= 0.3 is 12.0 Å². The number of hydrogen-bond donors (Lipinski definition) is 1. The largest absolute Gasteiger partial charge is 0.487 e. The van der Waals surface area contributed by atoms with Gasteiger partial charge in [-0.25, -0.2) is 9.69 Å². The first-order valence-corrected chi connectivity index (χ1v) is 10.9. The summed E-state index contributed by atoms with van der Waals surface area (Å²) in [6, 6.07) is 10.6. The Labute approximate surface area is 197 Å². The van der Waals surface area contributed by atoms with Crippen LogP contribution in [0.4, 0.5) is 4.79 Å². The van der Waals surface area contributed by atoms with Gasteiger partial charge in [-0.05, 0) is 73.3 Å². The number of carbonyl (C=O) groups excluding carboxylic acids is 3. The number of imide groups is 1. The molecule has 3 rings (SSSR count). The number of rotatable bonds is 6. The summed E-state index contributed by atoms with van der Waals surface area (Å²) >= 11 is 10.4. The minimum absolute atomic E-state index is 0.0613. The molecule has 3 amide bonds. The summed E-state index contributed by atoms with van der Waals surface area (Å²) in [4.78, 5) is 36.6. The first kappa shape index (κ1) is 22.5. The molecular weight excluding hydrogens is 588 g/mol. The Balaban J connectivity index is 1.76. The topological polar surface area (TPSA) is 84.9 Å². The molecular formula is C20H15Br3N2O5. The number of amides is 3. The Kier molecular flexibility index (Phi) is 7.32. The van der Waals surface area contributed by atoms with Crippen molar-refractivity contribution in [2.45, 2.75) is 6.61 Å². The lowest BCUT2D eigenvalue weighted by atomic mass is 10.2. The van der Waals surface area contributed by atoms with E-state index < -0.39 is 24.5 Å². The standard InChI is InChI=1S/C20H15Br3N2O5/c1-29-17(26)9-25-19(27)16(24-20(25)28)8-12-6-14(22)18(15(23)7-12)30-10-11-2-4-13(21)5-3-11/h2-8H,9-10H2,1H3,(H,24,28)/b16-8+. The van der Waals surface area contributed by atoms with Crippen LogP contribution in [0.2, 0.25) is 0 Å². The minimum atomic E-state index is -0.683. The Hall–Kier alpha value is -2.17. The van der Waals surface area contributed by atoms with Crippen LogP contribution in [0, 0.1) is 0 Å². The zero-order valence-corrected chi connectivity index (χ0v) is 20.3. The van der Waals surface area contributed by atoms with Crippen molar-refractivity contribution in [1.82, 2.24) is 10.2 Å². The van der Waals surface area contributed by atoms with E-state index >= 15 is 0 Å². The van der Waals surface area contributed by atoms with Crippen molar-refractivity contribution in [1.29, 1.82) is 0 Å². The number of hydrogen-bond acceptors (Lipinski definition) is 5. The molecule has 30 heavy (non-hydrogen) atoms. The quantitative estimate of drug-likeness (QED) is 0.296. The van der Waals surface area contributed by atoms with Crippen LogP contribution in [0.25, 0.3) is 6.08 Å². The molecule has 1 aliphatic heterocycles. The number of esters is 1. The first-order chi connectivity index (χ1) is 14.3. The summed E-state index contributed by atoms with van der Waals surface area (Å²) in [6.07, 6.45) is 1.52. The molecule has 1 N–H and O–H groups in total. The van der Waals surface area contributed by atoms with Crippen LogP contribution in [-0.4, -0.2) is 36.5 Å². The smallest absolute Gasteiger partial charge is 0.329 e. The normalized spacial score (nSPS) is 14.8. The highest BCUT2D eigenvalue weighted by Gasteiger charge is 2.35. The summed E-state index contributed by atoms with van der Waals surface area (Å²) in [5, 5.41) is 2.46. The van der Waals surface area contributed by atoms with E-state index in [0.717, 1.165) is 14.9 Å². The van der Waals surface area contributed by atoms with Crippen LogP contribution >= 0.6 is 47.8 Å². The zero-order valence-electron chi connectivity index (χ0n) is 15.6. The predicted molar refractivity (Wildman–Crippen MR) is 121 cm³/mol. The average Bonchev–Trinajstić information content (AvgIpc) is 2.96. The van der Waals surface area contributed by atoms with Gasteiger partial charge in [0.25, 0.3) is 5.91 Å². The van der Waals surface area contributed by atoms with Crippen molar-refractivity contribution in [2.24, 2.45) is 0 Å². The fourth-order valence-electron chi connectivity index (χ4n) is 2.61. The molecule has 156 valence electrons. The van der Waals surface area contributed by atoms with E-state index in [0.29, 0.717) is 26.9 Å². The molecule has 0 radical (unpaired) electrons. The summed E-state index contributed by atoms with van der Waals surface area (Å²) in [6.45, 7) is -0.0727. The third-order valence-electron chi connectivity index (χ3n) is 4.11. The van der Waals surface area contributed by atoms with Gasteiger partial charge in [0, 0.05) is 4.47 Å². The molecule has 0 unspecified atom stereocenters. The van der Waals surface area contributed by atoms with Crippen molar-refractivity contribution in [3.63, 3.8) is 0 Å². The highest BCUT2D eigenvalue weighted by Crippen LogP contribution is 2.36. The summed E-state index contributed by atoms with van der Waals surface area (Å²) in [5.41, 5.74) is 1.72. The fraction of sp³-hybridized carbons (Fsp3) is 0.150. The molecule has 0 aromatic heterocycles. The number of ether oxygens (including phenoxy) is 2. The van der Waals surface area contributed by atoms with E-state index in [9.17, 15) is 14.4 Å². The molecule has 0 atom stereocenters. The number of nitrogens with zero attached hydrogens (tertiary/aromatic N) is 1. The lowest BCUT2D eigenvalue weighted by Gasteiger charge is -2.12. The van der Waals surface area contributed by atoms with Gasteiger partial charge in [-0.2, -0.15) is 0 Å². The van der Waals surface area contributed by atoms with Gasteiger partial charge in [0.05, 0.1) is 16.1 Å². The summed E-state index contributed by atoms with van der Waals surface area (Å²) in [7, 11) is 1.19. The number of benzene rings is 2. The van der Waals surface area contributed by atoms with Crippen molar-refractivity contribution < 1.29 is 23.9 Å². The second kappa shape index (κ2) is 9.76. The van der Waals surface area contributed by atoms with Crippen LogP contribution in [0.3, 0.4) is 0 Å². The van der Waals surface area contributed by atoms with E-state index in [1.807, 2.05) is 24.3 Å². The third-order valence-corrected chi connectivity index (χ3v) is 5.81. The number of halogens is 3. The first-order valence-electron chi connectivity index (χ1n) is 8.56. The van der Waals surface area contributed by atoms with Gasteiger partial charge in [0.2, 0.25) is 0 Å². The van der Waals surface area contributed by atoms with Gasteiger partial charge in [0.1, 0.15) is 24.6 Å². The monoisotopic (exact) mass is 600 g/mol. The van der Waals surface area contributed by atoms with Gasteiger partial charge in [0.15, 0.2) is 0 Å². The van der Waals surface area contributed by atoms with Crippen LogP contribution in [-0.2, 0) is 20.9 Å². The molecule has 10 heteroatoms. The Bertz CT molecular complexity index is 1010. The predicted octanol–water partition coefficient (Wildman–Crippen LogP) is 4.62. The SMILES string of the molecule is COC(=O)CN1C(=O)N/C(=C/c2cc(Br)c(OCc3ccc(Br)cc3)c(Br)c2)C1=O. The number of methoxy groups -OCH3 is 1. The summed E-state index contributed by atoms with van der Waals surface area (Å²) in [5.74, 6) is -0.681. The molecule has 0 saturated carbocycles. The highest BCUT2D eigenvalue weighted by molar-refractivity contribution is 9.11. The minimum Gasteiger partial charge on any atom is -0.487 e. The van der Waals surface area contributed by atoms with Gasteiger partial charge < -0.3 is 14.8 Å².